The summed E-state index contributed by atoms with van der Waals surface area (Å²) < 4.78 is 5.45. The fraction of sp³-hybridized carbons (Fsp3) is 0.812. The van der Waals surface area contributed by atoms with E-state index in [2.05, 4.69) is 0 Å². The Balaban J connectivity index is 1.80. The van der Waals surface area contributed by atoms with Crippen molar-refractivity contribution in [2.75, 3.05) is 32.8 Å². The third-order valence-corrected chi connectivity index (χ3v) is 4.48. The zero-order valence-corrected chi connectivity index (χ0v) is 13.7. The Bertz CT molecular complexity index is 450. The minimum atomic E-state index is -1.01. The number of carboxylic acid groups (broad SMARTS) is 1. The van der Waals surface area contributed by atoms with Crippen molar-refractivity contribution < 1.29 is 24.2 Å². The van der Waals surface area contributed by atoms with E-state index in [4.69, 9.17) is 9.84 Å². The molecule has 7 nitrogen and oxygen atoms in total. The predicted octanol–water partition coefficient (Wildman–Crippen LogP) is 0.727. The van der Waals surface area contributed by atoms with Gasteiger partial charge in [0.1, 0.15) is 13.2 Å². The van der Waals surface area contributed by atoms with Gasteiger partial charge in [0.2, 0.25) is 11.8 Å². The zero-order valence-electron chi connectivity index (χ0n) is 13.7. The topological polar surface area (TPSA) is 87.2 Å². The molecule has 2 aliphatic rings. The van der Waals surface area contributed by atoms with Crippen molar-refractivity contribution in [3.8, 4) is 0 Å². The van der Waals surface area contributed by atoms with Crippen molar-refractivity contribution in [3.63, 3.8) is 0 Å². The lowest BCUT2D eigenvalue weighted by atomic mass is 10.1. The first-order valence-electron chi connectivity index (χ1n) is 8.32. The second-order valence-corrected chi connectivity index (χ2v) is 6.46. The molecule has 23 heavy (non-hydrogen) atoms. The first kappa shape index (κ1) is 17.7. The second-order valence-electron chi connectivity index (χ2n) is 6.46. The second kappa shape index (κ2) is 8.29. The number of aliphatic carboxylic acids is 1. The number of amides is 2. The largest absolute Gasteiger partial charge is 0.480 e. The molecule has 0 spiro atoms. The Morgan fingerprint density at radius 3 is 2.52 bits per heavy atom. The molecule has 2 rings (SSSR count). The first-order chi connectivity index (χ1) is 11.0. The van der Waals surface area contributed by atoms with Gasteiger partial charge < -0.3 is 19.6 Å². The van der Waals surface area contributed by atoms with Crippen LogP contribution in [0.4, 0.5) is 0 Å². The fourth-order valence-electron chi connectivity index (χ4n) is 2.97. The van der Waals surface area contributed by atoms with Crippen LogP contribution in [0.3, 0.4) is 0 Å². The van der Waals surface area contributed by atoms with Crippen LogP contribution in [0.2, 0.25) is 0 Å². The Kier molecular flexibility index (Phi) is 6.38. The molecule has 1 saturated carbocycles. The van der Waals surface area contributed by atoms with E-state index in [-0.39, 0.29) is 31.0 Å². The number of hydrogen-bond donors (Lipinski definition) is 1. The van der Waals surface area contributed by atoms with E-state index < -0.39 is 5.97 Å². The molecule has 0 aromatic carbocycles. The molecule has 1 aliphatic carbocycles. The van der Waals surface area contributed by atoms with E-state index in [0.717, 1.165) is 12.8 Å². The maximum Gasteiger partial charge on any atom is 0.323 e. The van der Waals surface area contributed by atoms with Crippen LogP contribution in [-0.2, 0) is 19.1 Å². The van der Waals surface area contributed by atoms with Crippen LogP contribution >= 0.6 is 0 Å². The lowest BCUT2D eigenvalue weighted by Crippen LogP contribution is -2.43. The number of ether oxygens (including phenoxy) is 1. The summed E-state index contributed by atoms with van der Waals surface area (Å²) in [6, 6.07) is -0.117. The molecule has 0 aromatic heterocycles. The third kappa shape index (κ3) is 5.82. The van der Waals surface area contributed by atoms with Gasteiger partial charge in [-0.1, -0.05) is 0 Å². The van der Waals surface area contributed by atoms with Gasteiger partial charge in [-0.05, 0) is 38.0 Å². The van der Waals surface area contributed by atoms with Crippen molar-refractivity contribution in [1.29, 1.82) is 0 Å². The summed E-state index contributed by atoms with van der Waals surface area (Å²) in [6.07, 6.45) is 4.50. The van der Waals surface area contributed by atoms with Crippen molar-refractivity contribution in [2.45, 2.75) is 45.1 Å². The van der Waals surface area contributed by atoms with E-state index >= 15 is 0 Å². The van der Waals surface area contributed by atoms with E-state index in [9.17, 15) is 14.4 Å². The van der Waals surface area contributed by atoms with Crippen LogP contribution in [-0.4, -0.2) is 71.6 Å². The van der Waals surface area contributed by atoms with Gasteiger partial charge in [-0.3, -0.25) is 14.4 Å². The van der Waals surface area contributed by atoms with Gasteiger partial charge in [-0.25, -0.2) is 0 Å². The van der Waals surface area contributed by atoms with Crippen molar-refractivity contribution >= 4 is 17.8 Å². The van der Waals surface area contributed by atoms with Gasteiger partial charge in [0.15, 0.2) is 0 Å². The number of carbonyl (C=O) groups excluding carboxylic acids is 2. The number of nitrogens with zero attached hydrogens (tertiary/aromatic N) is 2. The van der Waals surface area contributed by atoms with E-state index in [1.807, 2.05) is 0 Å². The van der Waals surface area contributed by atoms with Crippen LogP contribution in [0, 0.1) is 5.92 Å². The molecule has 1 aliphatic heterocycles. The smallest absolute Gasteiger partial charge is 0.323 e. The summed E-state index contributed by atoms with van der Waals surface area (Å²) in [4.78, 5) is 37.9. The maximum absolute atomic E-state index is 12.2. The van der Waals surface area contributed by atoms with E-state index in [1.54, 1.807) is 4.90 Å². The van der Waals surface area contributed by atoms with Gasteiger partial charge in [0.25, 0.3) is 0 Å². The highest BCUT2D eigenvalue weighted by atomic mass is 16.5. The highest BCUT2D eigenvalue weighted by Crippen LogP contribution is 2.28. The maximum atomic E-state index is 12.2. The summed E-state index contributed by atoms with van der Waals surface area (Å²) in [5.74, 6) is -0.619. The molecule has 0 bridgehead atoms. The Morgan fingerprint density at radius 2 is 1.91 bits per heavy atom. The first-order valence-corrected chi connectivity index (χ1v) is 8.32. The molecule has 1 atom stereocenters. The summed E-state index contributed by atoms with van der Waals surface area (Å²) >= 11 is 0. The van der Waals surface area contributed by atoms with Gasteiger partial charge >= 0.3 is 5.97 Å². The number of hydrogen-bond acceptors (Lipinski definition) is 4. The molecule has 2 fully saturated rings. The summed E-state index contributed by atoms with van der Waals surface area (Å²) in [7, 11) is 0. The standard InChI is InChI=1S/C16H26N2O5/c1-12(19)18(9-16(21)22)14-3-2-7-17(8-6-14)15(20)11-23-10-13-4-5-13/h13-14H,2-11H2,1H3,(H,21,22). The highest BCUT2D eigenvalue weighted by molar-refractivity contribution is 5.80. The Hall–Kier alpha value is -1.63. The van der Waals surface area contributed by atoms with E-state index in [1.165, 1.54) is 24.7 Å². The molecule has 7 heteroatoms. The van der Waals surface area contributed by atoms with Crippen LogP contribution in [0.5, 0.6) is 0 Å². The molecule has 0 aromatic rings. The highest BCUT2D eigenvalue weighted by Gasteiger charge is 2.28. The molecule has 2 amide bonds. The summed E-state index contributed by atoms with van der Waals surface area (Å²) in [5.41, 5.74) is 0. The molecule has 1 saturated heterocycles. The Morgan fingerprint density at radius 1 is 1.17 bits per heavy atom. The molecular weight excluding hydrogens is 300 g/mol. The lowest BCUT2D eigenvalue weighted by Gasteiger charge is -2.28. The van der Waals surface area contributed by atoms with Gasteiger partial charge in [0, 0.05) is 26.1 Å². The molecule has 130 valence electrons. The zero-order chi connectivity index (χ0) is 16.8. The average Bonchev–Trinajstić information content (AvgIpc) is 3.30. The van der Waals surface area contributed by atoms with Crippen LogP contribution in [0.1, 0.15) is 39.0 Å². The molecule has 0 radical (unpaired) electrons. The number of rotatable bonds is 7. The molecule has 1 heterocycles. The fourth-order valence-corrected chi connectivity index (χ4v) is 2.97. The van der Waals surface area contributed by atoms with Gasteiger partial charge in [-0.2, -0.15) is 0 Å². The van der Waals surface area contributed by atoms with Crippen LogP contribution in [0.25, 0.3) is 0 Å². The van der Waals surface area contributed by atoms with Crippen molar-refractivity contribution in [2.24, 2.45) is 5.92 Å². The van der Waals surface area contributed by atoms with Crippen LogP contribution in [0.15, 0.2) is 0 Å². The Labute approximate surface area is 136 Å². The van der Waals surface area contributed by atoms with Crippen molar-refractivity contribution in [3.05, 3.63) is 0 Å². The molecule has 1 unspecified atom stereocenters. The minimum Gasteiger partial charge on any atom is -0.480 e. The quantitative estimate of drug-likeness (QED) is 0.745. The SMILES string of the molecule is CC(=O)N(CC(=O)O)C1CCCN(C(=O)COCC2CC2)CC1. The van der Waals surface area contributed by atoms with Gasteiger partial charge in [-0.15, -0.1) is 0 Å². The average molecular weight is 326 g/mol. The van der Waals surface area contributed by atoms with Crippen LogP contribution < -0.4 is 0 Å². The molecule has 1 N–H and O–H groups in total. The number of carboxylic acids is 1. The minimum absolute atomic E-state index is 0.0149. The normalized spacial score (nSPS) is 21.6. The van der Waals surface area contributed by atoms with E-state index in [0.29, 0.717) is 32.0 Å². The van der Waals surface area contributed by atoms with Gasteiger partial charge in [0.05, 0.1) is 6.61 Å². The summed E-state index contributed by atoms with van der Waals surface area (Å²) in [6.45, 7) is 3.08. The monoisotopic (exact) mass is 326 g/mol. The molecular formula is C16H26N2O5. The number of carbonyl (C=O) groups is 3. The number of likely N-dealkylation sites (tertiary alicyclic amines) is 1. The lowest BCUT2D eigenvalue weighted by molar-refractivity contribution is -0.145. The summed E-state index contributed by atoms with van der Waals surface area (Å²) in [5, 5.41) is 8.95. The van der Waals surface area contributed by atoms with Crippen molar-refractivity contribution in [1.82, 2.24) is 9.80 Å². The third-order valence-electron chi connectivity index (χ3n) is 4.48. The predicted molar refractivity (Wildman–Crippen MR) is 82.8 cm³/mol.